The molecule has 0 aromatic carbocycles. The Kier molecular flexibility index (Phi) is 5.94. The number of ether oxygens (including phenoxy) is 1. The van der Waals surface area contributed by atoms with E-state index in [1.54, 1.807) is 37.7 Å². The summed E-state index contributed by atoms with van der Waals surface area (Å²) in [4.78, 5) is 48.4. The minimum absolute atomic E-state index is 0.0186. The van der Waals surface area contributed by atoms with Crippen LogP contribution in [-0.4, -0.2) is 56.7 Å². The number of methoxy groups -OCH3 is 1. The predicted octanol–water partition coefficient (Wildman–Crippen LogP) is 1.16. The third-order valence-electron chi connectivity index (χ3n) is 5.83. The molecule has 0 bridgehead atoms. The number of aromatic nitrogens is 4. The van der Waals surface area contributed by atoms with Gasteiger partial charge < -0.3 is 9.64 Å². The lowest BCUT2D eigenvalue weighted by atomic mass is 9.92. The van der Waals surface area contributed by atoms with Gasteiger partial charge in [0.25, 0.3) is 11.5 Å². The van der Waals surface area contributed by atoms with Gasteiger partial charge in [-0.1, -0.05) is 0 Å². The number of carbonyl (C=O) groups excluding carboxylic acids is 1. The smallest absolute Gasteiger partial charge is 0.332 e. The van der Waals surface area contributed by atoms with Crippen molar-refractivity contribution in [2.45, 2.75) is 25.3 Å². The minimum Gasteiger partial charge on any atom is -0.383 e. The molecule has 1 saturated heterocycles. The summed E-state index contributed by atoms with van der Waals surface area (Å²) >= 11 is 0. The Morgan fingerprint density at radius 3 is 2.65 bits per heavy atom. The van der Waals surface area contributed by atoms with Gasteiger partial charge in [-0.25, -0.2) is 9.78 Å². The molecule has 0 unspecified atom stereocenters. The average molecular weight is 423 g/mol. The third-order valence-corrected chi connectivity index (χ3v) is 5.83. The number of nitrogens with zero attached hydrogens (tertiary/aromatic N) is 5. The molecule has 4 rings (SSSR count). The van der Waals surface area contributed by atoms with Crippen LogP contribution in [0, 0.1) is 0 Å². The molecular formula is C22H25N5O4. The maximum atomic E-state index is 12.7. The number of piperidine rings is 1. The number of fused-ring (bicyclic) bond motifs is 1. The van der Waals surface area contributed by atoms with Gasteiger partial charge in [0.15, 0.2) is 0 Å². The van der Waals surface area contributed by atoms with Gasteiger partial charge in [0.05, 0.1) is 24.1 Å². The van der Waals surface area contributed by atoms with Crippen molar-refractivity contribution >= 4 is 16.9 Å². The van der Waals surface area contributed by atoms with E-state index in [2.05, 4.69) is 4.98 Å². The highest BCUT2D eigenvalue weighted by atomic mass is 16.5. The van der Waals surface area contributed by atoms with E-state index < -0.39 is 5.69 Å². The highest BCUT2D eigenvalue weighted by molar-refractivity contribution is 5.93. The van der Waals surface area contributed by atoms with Crippen LogP contribution in [0.25, 0.3) is 11.0 Å². The average Bonchev–Trinajstić information content (AvgIpc) is 2.82. The van der Waals surface area contributed by atoms with Crippen LogP contribution in [0.15, 0.2) is 46.2 Å². The monoisotopic (exact) mass is 423 g/mol. The maximum absolute atomic E-state index is 12.7. The third kappa shape index (κ3) is 4.00. The molecule has 0 saturated carbocycles. The normalized spacial score (nSPS) is 14.8. The SMILES string of the molecule is COCCn1c(=O)n(C)c(=O)c2ccc(C3CCN(C(=O)c4cccnc4)CC3)nc21. The molecule has 1 fully saturated rings. The molecule has 1 aliphatic heterocycles. The van der Waals surface area contributed by atoms with Crippen LogP contribution in [0.3, 0.4) is 0 Å². The number of pyridine rings is 2. The standard InChI is InChI=1S/C22H25N5O4/c1-25-21(29)17-5-6-18(24-19(17)27(22(25)30)12-13-31-2)15-7-10-26(11-8-15)20(28)16-4-3-9-23-14-16/h3-6,9,14-15H,7-8,10-13H2,1-2H3. The number of hydrogen-bond donors (Lipinski definition) is 0. The van der Waals surface area contributed by atoms with Gasteiger partial charge in [-0.2, -0.15) is 0 Å². The van der Waals surface area contributed by atoms with Crippen molar-refractivity contribution in [3.63, 3.8) is 0 Å². The van der Waals surface area contributed by atoms with Crippen molar-refractivity contribution in [1.29, 1.82) is 0 Å². The molecule has 0 radical (unpaired) electrons. The van der Waals surface area contributed by atoms with Gasteiger partial charge in [0.2, 0.25) is 0 Å². The molecule has 31 heavy (non-hydrogen) atoms. The second-order valence-electron chi connectivity index (χ2n) is 7.71. The topological polar surface area (TPSA) is 99.3 Å². The first-order valence-electron chi connectivity index (χ1n) is 10.3. The molecule has 3 aromatic heterocycles. The zero-order valence-electron chi connectivity index (χ0n) is 17.7. The molecule has 0 spiro atoms. The second kappa shape index (κ2) is 8.81. The van der Waals surface area contributed by atoms with Crippen LogP contribution < -0.4 is 11.2 Å². The Hall–Kier alpha value is -3.33. The summed E-state index contributed by atoms with van der Waals surface area (Å²) in [5.41, 5.74) is 1.04. The Labute approximate surface area is 178 Å². The zero-order valence-corrected chi connectivity index (χ0v) is 17.7. The number of rotatable bonds is 5. The zero-order chi connectivity index (χ0) is 22.0. The van der Waals surface area contributed by atoms with E-state index in [1.165, 1.54) is 11.6 Å². The fourth-order valence-corrected chi connectivity index (χ4v) is 4.04. The van der Waals surface area contributed by atoms with Crippen molar-refractivity contribution in [1.82, 2.24) is 24.0 Å². The maximum Gasteiger partial charge on any atom is 0.332 e. The number of hydrogen-bond acceptors (Lipinski definition) is 6. The summed E-state index contributed by atoms with van der Waals surface area (Å²) in [5.74, 6) is 0.132. The Morgan fingerprint density at radius 2 is 1.97 bits per heavy atom. The van der Waals surface area contributed by atoms with Crippen molar-refractivity contribution in [2.75, 3.05) is 26.8 Å². The first kappa shape index (κ1) is 20.9. The molecule has 4 heterocycles. The fourth-order valence-electron chi connectivity index (χ4n) is 4.04. The summed E-state index contributed by atoms with van der Waals surface area (Å²) in [6.45, 7) is 1.89. The summed E-state index contributed by atoms with van der Waals surface area (Å²) in [5, 5.41) is 0.408. The molecule has 9 heteroatoms. The highest BCUT2D eigenvalue weighted by Crippen LogP contribution is 2.28. The molecule has 162 valence electrons. The Bertz CT molecular complexity index is 1210. The van der Waals surface area contributed by atoms with E-state index in [0.717, 1.165) is 23.1 Å². The van der Waals surface area contributed by atoms with Crippen LogP contribution in [0.1, 0.15) is 34.8 Å². The van der Waals surface area contributed by atoms with Crippen LogP contribution >= 0.6 is 0 Å². The number of amides is 1. The molecule has 9 nitrogen and oxygen atoms in total. The van der Waals surface area contributed by atoms with Crippen molar-refractivity contribution in [3.8, 4) is 0 Å². The van der Waals surface area contributed by atoms with Gasteiger partial charge in [0, 0.05) is 51.3 Å². The lowest BCUT2D eigenvalue weighted by molar-refractivity contribution is 0.0711. The van der Waals surface area contributed by atoms with E-state index in [4.69, 9.17) is 9.72 Å². The first-order valence-corrected chi connectivity index (χ1v) is 10.3. The summed E-state index contributed by atoms with van der Waals surface area (Å²) in [6, 6.07) is 7.13. The predicted molar refractivity (Wildman–Crippen MR) is 115 cm³/mol. The van der Waals surface area contributed by atoms with Gasteiger partial charge in [-0.15, -0.1) is 0 Å². The Balaban J connectivity index is 1.59. The molecular weight excluding hydrogens is 398 g/mol. The van der Waals surface area contributed by atoms with E-state index in [0.29, 0.717) is 42.8 Å². The van der Waals surface area contributed by atoms with E-state index >= 15 is 0 Å². The quantitative estimate of drug-likeness (QED) is 0.611. The summed E-state index contributed by atoms with van der Waals surface area (Å²) in [6.07, 6.45) is 4.75. The first-order chi connectivity index (χ1) is 15.0. The van der Waals surface area contributed by atoms with Gasteiger partial charge in [-0.05, 0) is 37.1 Å². The van der Waals surface area contributed by atoms with E-state index in [1.807, 2.05) is 11.0 Å². The van der Waals surface area contributed by atoms with Crippen molar-refractivity contribution in [2.24, 2.45) is 7.05 Å². The highest BCUT2D eigenvalue weighted by Gasteiger charge is 2.26. The minimum atomic E-state index is -0.406. The molecule has 0 N–H and O–H groups in total. The lowest BCUT2D eigenvalue weighted by Gasteiger charge is -2.32. The van der Waals surface area contributed by atoms with E-state index in [9.17, 15) is 14.4 Å². The van der Waals surface area contributed by atoms with Crippen LogP contribution in [0.2, 0.25) is 0 Å². The van der Waals surface area contributed by atoms with Gasteiger partial charge in [0.1, 0.15) is 5.65 Å². The summed E-state index contributed by atoms with van der Waals surface area (Å²) in [7, 11) is 3.03. The van der Waals surface area contributed by atoms with Crippen LogP contribution in [0.4, 0.5) is 0 Å². The van der Waals surface area contributed by atoms with Gasteiger partial charge >= 0.3 is 5.69 Å². The molecule has 1 aliphatic rings. The number of likely N-dealkylation sites (tertiary alicyclic amines) is 1. The van der Waals surface area contributed by atoms with Crippen LogP contribution in [0.5, 0.6) is 0 Å². The molecule has 0 aliphatic carbocycles. The number of carbonyl (C=O) groups is 1. The molecule has 1 amide bonds. The van der Waals surface area contributed by atoms with Gasteiger partial charge in [-0.3, -0.25) is 23.7 Å². The molecule has 0 atom stereocenters. The fraction of sp³-hybridized carbons (Fsp3) is 0.409. The summed E-state index contributed by atoms with van der Waals surface area (Å²) < 4.78 is 7.71. The van der Waals surface area contributed by atoms with Crippen molar-refractivity contribution < 1.29 is 9.53 Å². The van der Waals surface area contributed by atoms with Crippen LogP contribution in [-0.2, 0) is 18.3 Å². The van der Waals surface area contributed by atoms with E-state index in [-0.39, 0.29) is 17.4 Å². The Morgan fingerprint density at radius 1 is 1.19 bits per heavy atom. The second-order valence-corrected chi connectivity index (χ2v) is 7.71. The molecule has 3 aromatic rings. The van der Waals surface area contributed by atoms with Crippen molar-refractivity contribution in [3.05, 3.63) is 68.8 Å². The lowest BCUT2D eigenvalue weighted by Crippen LogP contribution is -2.39. The largest absolute Gasteiger partial charge is 0.383 e.